The molecule has 3 amide bonds. The minimum Gasteiger partial charge on any atom is -0.350 e. The van der Waals surface area contributed by atoms with E-state index >= 15 is 0 Å². The van der Waals surface area contributed by atoms with E-state index < -0.39 is 6.04 Å². The summed E-state index contributed by atoms with van der Waals surface area (Å²) in [6.45, 7) is 1.92. The van der Waals surface area contributed by atoms with Gasteiger partial charge >= 0.3 is 0 Å². The van der Waals surface area contributed by atoms with Crippen molar-refractivity contribution >= 4 is 17.7 Å². The van der Waals surface area contributed by atoms with Gasteiger partial charge in [0.05, 0.1) is 11.8 Å². The lowest BCUT2D eigenvalue weighted by atomic mass is 9.85. The number of carbonyl (C=O) groups is 3. The van der Waals surface area contributed by atoms with Crippen molar-refractivity contribution in [2.45, 2.75) is 32.4 Å². The normalized spacial score (nSPS) is 24.5. The van der Waals surface area contributed by atoms with E-state index in [9.17, 15) is 14.4 Å². The Labute approximate surface area is 134 Å². The van der Waals surface area contributed by atoms with Crippen molar-refractivity contribution in [3.8, 4) is 0 Å². The molecule has 120 valence electrons. The minimum absolute atomic E-state index is 0.228. The lowest BCUT2D eigenvalue weighted by molar-refractivity contribution is -0.147. The second kappa shape index (κ2) is 6.32. The SMILES string of the molecule is C[C@@H](C(=O)NCc1cccnc1)N1C(=O)[C@H]2CC=CC[C@H]2C1=O. The zero-order chi connectivity index (χ0) is 16.4. The van der Waals surface area contributed by atoms with Gasteiger partial charge in [0.2, 0.25) is 17.7 Å². The highest BCUT2D eigenvalue weighted by atomic mass is 16.2. The van der Waals surface area contributed by atoms with Crippen LogP contribution < -0.4 is 5.32 Å². The van der Waals surface area contributed by atoms with Crippen molar-refractivity contribution in [3.05, 3.63) is 42.2 Å². The van der Waals surface area contributed by atoms with Gasteiger partial charge in [-0.1, -0.05) is 18.2 Å². The smallest absolute Gasteiger partial charge is 0.243 e. The second-order valence-electron chi connectivity index (χ2n) is 5.96. The zero-order valence-corrected chi connectivity index (χ0v) is 12.9. The molecule has 0 unspecified atom stereocenters. The molecule has 6 heteroatoms. The Morgan fingerprint density at radius 2 is 1.96 bits per heavy atom. The molecular weight excluding hydrogens is 294 g/mol. The Hall–Kier alpha value is -2.50. The Morgan fingerprint density at radius 3 is 2.52 bits per heavy atom. The predicted octanol–water partition coefficient (Wildman–Crippen LogP) is 1.04. The summed E-state index contributed by atoms with van der Waals surface area (Å²) in [6, 6.07) is 2.85. The number of allylic oxidation sites excluding steroid dienone is 2. The molecule has 0 spiro atoms. The number of fused-ring (bicyclic) bond motifs is 1. The number of imide groups is 1. The van der Waals surface area contributed by atoms with Crippen LogP contribution in [0.4, 0.5) is 0 Å². The first kappa shape index (κ1) is 15.4. The van der Waals surface area contributed by atoms with Gasteiger partial charge in [-0.05, 0) is 31.4 Å². The van der Waals surface area contributed by atoms with Crippen molar-refractivity contribution in [3.63, 3.8) is 0 Å². The standard InChI is InChI=1S/C17H19N3O3/c1-11(15(21)19-10-12-5-4-8-18-9-12)20-16(22)13-6-2-3-7-14(13)17(20)23/h2-5,8-9,11,13-14H,6-7,10H2,1H3,(H,19,21)/t11-,13-,14+/m0/s1. The topological polar surface area (TPSA) is 79.4 Å². The minimum atomic E-state index is -0.794. The van der Waals surface area contributed by atoms with Gasteiger partial charge in [0.15, 0.2) is 0 Å². The number of hydrogen-bond acceptors (Lipinski definition) is 4. The molecule has 2 heterocycles. The van der Waals surface area contributed by atoms with Crippen molar-refractivity contribution in [1.82, 2.24) is 15.2 Å². The van der Waals surface area contributed by atoms with Crippen molar-refractivity contribution in [2.24, 2.45) is 11.8 Å². The Bertz CT molecular complexity index is 630. The highest BCUT2D eigenvalue weighted by Gasteiger charge is 2.49. The van der Waals surface area contributed by atoms with E-state index in [4.69, 9.17) is 0 Å². The Balaban J connectivity index is 1.65. The monoisotopic (exact) mass is 313 g/mol. The lowest BCUT2D eigenvalue weighted by Gasteiger charge is -2.22. The molecule has 1 saturated heterocycles. The van der Waals surface area contributed by atoms with Gasteiger partial charge < -0.3 is 5.32 Å². The molecule has 0 aromatic carbocycles. The van der Waals surface area contributed by atoms with Gasteiger partial charge in [-0.25, -0.2) is 0 Å². The van der Waals surface area contributed by atoms with E-state index in [2.05, 4.69) is 10.3 Å². The quantitative estimate of drug-likeness (QED) is 0.665. The summed E-state index contributed by atoms with van der Waals surface area (Å²) in [7, 11) is 0. The summed E-state index contributed by atoms with van der Waals surface area (Å²) in [5, 5.41) is 2.76. The Morgan fingerprint density at radius 1 is 1.30 bits per heavy atom. The van der Waals surface area contributed by atoms with Crippen LogP contribution in [0.2, 0.25) is 0 Å². The lowest BCUT2D eigenvalue weighted by Crippen LogP contribution is -2.48. The van der Waals surface area contributed by atoms with E-state index in [1.807, 2.05) is 18.2 Å². The fourth-order valence-corrected chi connectivity index (χ4v) is 3.16. The molecule has 1 aliphatic heterocycles. The van der Waals surface area contributed by atoms with E-state index in [0.29, 0.717) is 19.4 Å². The molecule has 3 rings (SSSR count). The van der Waals surface area contributed by atoms with E-state index in [1.54, 1.807) is 25.4 Å². The number of nitrogens with one attached hydrogen (secondary N) is 1. The largest absolute Gasteiger partial charge is 0.350 e. The third-order valence-electron chi connectivity index (χ3n) is 4.50. The van der Waals surface area contributed by atoms with Crippen molar-refractivity contribution in [2.75, 3.05) is 0 Å². The van der Waals surface area contributed by atoms with Crippen LogP contribution in [0.15, 0.2) is 36.7 Å². The average Bonchev–Trinajstić information content (AvgIpc) is 2.84. The second-order valence-corrected chi connectivity index (χ2v) is 5.96. The van der Waals surface area contributed by atoms with Gasteiger partial charge in [0.1, 0.15) is 6.04 Å². The van der Waals surface area contributed by atoms with Gasteiger partial charge in [0, 0.05) is 18.9 Å². The Kier molecular flexibility index (Phi) is 4.23. The number of pyridine rings is 1. The summed E-state index contributed by atoms with van der Waals surface area (Å²) < 4.78 is 0. The molecule has 2 aliphatic rings. The van der Waals surface area contributed by atoms with E-state index in [-0.39, 0.29) is 29.6 Å². The van der Waals surface area contributed by atoms with Crippen LogP contribution in [0.5, 0.6) is 0 Å². The number of carbonyl (C=O) groups excluding carboxylic acids is 3. The molecule has 1 N–H and O–H groups in total. The molecule has 1 aromatic heterocycles. The molecule has 0 saturated carbocycles. The maximum atomic E-state index is 12.5. The molecule has 0 bridgehead atoms. The summed E-state index contributed by atoms with van der Waals surface area (Å²) in [4.78, 5) is 42.3. The maximum Gasteiger partial charge on any atom is 0.243 e. The van der Waals surface area contributed by atoms with E-state index in [0.717, 1.165) is 10.5 Å². The van der Waals surface area contributed by atoms with Crippen LogP contribution in [-0.4, -0.2) is 33.6 Å². The number of aromatic nitrogens is 1. The van der Waals surface area contributed by atoms with Crippen LogP contribution in [0.1, 0.15) is 25.3 Å². The molecule has 0 radical (unpaired) electrons. The fraction of sp³-hybridized carbons (Fsp3) is 0.412. The number of amides is 3. The highest BCUT2D eigenvalue weighted by Crippen LogP contribution is 2.36. The van der Waals surface area contributed by atoms with Crippen molar-refractivity contribution < 1.29 is 14.4 Å². The molecule has 3 atom stereocenters. The zero-order valence-electron chi connectivity index (χ0n) is 12.9. The fourth-order valence-electron chi connectivity index (χ4n) is 3.16. The van der Waals surface area contributed by atoms with Crippen LogP contribution in [0, 0.1) is 11.8 Å². The average molecular weight is 313 g/mol. The van der Waals surface area contributed by atoms with Gasteiger partial charge in [-0.2, -0.15) is 0 Å². The van der Waals surface area contributed by atoms with Crippen LogP contribution >= 0.6 is 0 Å². The molecule has 1 fully saturated rings. The maximum absolute atomic E-state index is 12.5. The molecule has 1 aromatic rings. The van der Waals surface area contributed by atoms with Crippen LogP contribution in [-0.2, 0) is 20.9 Å². The van der Waals surface area contributed by atoms with Gasteiger partial charge in [-0.15, -0.1) is 0 Å². The van der Waals surface area contributed by atoms with Crippen LogP contribution in [0.25, 0.3) is 0 Å². The van der Waals surface area contributed by atoms with E-state index in [1.165, 1.54) is 0 Å². The first-order valence-corrected chi connectivity index (χ1v) is 7.78. The first-order valence-electron chi connectivity index (χ1n) is 7.78. The highest BCUT2D eigenvalue weighted by molar-refractivity contribution is 6.08. The summed E-state index contributed by atoms with van der Waals surface area (Å²) in [5.74, 6) is -1.40. The molecular formula is C17H19N3O3. The number of nitrogens with zero attached hydrogens (tertiary/aromatic N) is 2. The molecule has 1 aliphatic carbocycles. The van der Waals surface area contributed by atoms with Gasteiger partial charge in [0.25, 0.3) is 0 Å². The first-order chi connectivity index (χ1) is 11.1. The third kappa shape index (κ3) is 2.88. The molecule has 6 nitrogen and oxygen atoms in total. The van der Waals surface area contributed by atoms with Crippen LogP contribution in [0.3, 0.4) is 0 Å². The number of rotatable bonds is 4. The number of hydrogen-bond donors (Lipinski definition) is 1. The summed E-state index contributed by atoms with van der Waals surface area (Å²) >= 11 is 0. The van der Waals surface area contributed by atoms with Gasteiger partial charge in [-0.3, -0.25) is 24.3 Å². The number of likely N-dealkylation sites (tertiary alicyclic amines) is 1. The summed E-state index contributed by atoms with van der Waals surface area (Å²) in [6.07, 6.45) is 8.35. The molecule has 23 heavy (non-hydrogen) atoms. The third-order valence-corrected chi connectivity index (χ3v) is 4.50. The van der Waals surface area contributed by atoms with Crippen molar-refractivity contribution in [1.29, 1.82) is 0 Å². The predicted molar refractivity (Wildman–Crippen MR) is 82.8 cm³/mol. The summed E-state index contributed by atoms with van der Waals surface area (Å²) in [5.41, 5.74) is 0.866.